The maximum Gasteiger partial charge on any atom is 0.316 e. The predicted octanol–water partition coefficient (Wildman–Crippen LogP) is 3.71. The van der Waals surface area contributed by atoms with Crippen molar-refractivity contribution >= 4 is 11.8 Å². The van der Waals surface area contributed by atoms with Crippen molar-refractivity contribution in [2.24, 2.45) is 23.7 Å². The molecule has 0 aromatic carbocycles. The Morgan fingerprint density at radius 1 is 1.15 bits per heavy atom. The van der Waals surface area contributed by atoms with E-state index in [1.54, 1.807) is 25.4 Å². The Bertz CT molecular complexity index is 691. The molecule has 2 unspecified atom stereocenters. The summed E-state index contributed by atoms with van der Waals surface area (Å²) in [5.74, 6) is 0.417. The van der Waals surface area contributed by atoms with E-state index >= 15 is 0 Å². The van der Waals surface area contributed by atoms with Crippen molar-refractivity contribution < 1.29 is 14.3 Å². The summed E-state index contributed by atoms with van der Waals surface area (Å²) in [6.45, 7) is 2.03. The minimum atomic E-state index is -0.800. The Balaban J connectivity index is 1.62. The summed E-state index contributed by atoms with van der Waals surface area (Å²) in [6.07, 6.45) is 17.1. The van der Waals surface area contributed by atoms with Gasteiger partial charge in [0.05, 0.1) is 6.61 Å². The van der Waals surface area contributed by atoms with Gasteiger partial charge in [0, 0.05) is 24.7 Å². The molecule has 3 rings (SSSR count). The number of ether oxygens (including phenoxy) is 1. The first-order valence-corrected chi connectivity index (χ1v) is 9.98. The Morgan fingerprint density at radius 2 is 1.89 bits per heavy atom. The van der Waals surface area contributed by atoms with E-state index in [2.05, 4.69) is 34.3 Å². The SMILES string of the molecule is CCOC(=O)C(Cc1ncccn1)C(=O)C1CCC(C2C=CC=CC2)CC1. The van der Waals surface area contributed by atoms with Crippen molar-refractivity contribution in [3.05, 3.63) is 48.6 Å². The summed E-state index contributed by atoms with van der Waals surface area (Å²) in [5.41, 5.74) is 0. The largest absolute Gasteiger partial charge is 0.465 e. The first-order valence-electron chi connectivity index (χ1n) is 9.98. The summed E-state index contributed by atoms with van der Waals surface area (Å²) in [4.78, 5) is 33.9. The van der Waals surface area contributed by atoms with Crippen LogP contribution in [0, 0.1) is 23.7 Å². The minimum Gasteiger partial charge on any atom is -0.465 e. The Hall–Kier alpha value is -2.30. The minimum absolute atomic E-state index is 0.00145. The van der Waals surface area contributed by atoms with Gasteiger partial charge in [-0.2, -0.15) is 0 Å². The van der Waals surface area contributed by atoms with Crippen LogP contribution in [-0.4, -0.2) is 28.3 Å². The van der Waals surface area contributed by atoms with E-state index in [-0.39, 0.29) is 24.7 Å². The van der Waals surface area contributed by atoms with Gasteiger partial charge in [-0.1, -0.05) is 24.3 Å². The van der Waals surface area contributed by atoms with Crippen LogP contribution in [0.1, 0.15) is 44.9 Å². The molecule has 0 saturated heterocycles. The Morgan fingerprint density at radius 3 is 2.52 bits per heavy atom. The number of aromatic nitrogens is 2. The highest BCUT2D eigenvalue weighted by Crippen LogP contribution is 2.38. The van der Waals surface area contributed by atoms with Gasteiger partial charge in [0.25, 0.3) is 0 Å². The molecule has 1 aromatic rings. The lowest BCUT2D eigenvalue weighted by Crippen LogP contribution is -2.35. The number of hydrogen-bond donors (Lipinski definition) is 0. The quantitative estimate of drug-likeness (QED) is 0.542. The third kappa shape index (κ3) is 5.12. The maximum atomic E-state index is 13.1. The van der Waals surface area contributed by atoms with Gasteiger partial charge in [-0.3, -0.25) is 9.59 Å². The van der Waals surface area contributed by atoms with Crippen molar-refractivity contribution in [1.29, 1.82) is 0 Å². The third-order valence-electron chi connectivity index (χ3n) is 5.71. The number of carbonyl (C=O) groups excluding carboxylic acids is 2. The molecule has 1 aromatic heterocycles. The lowest BCUT2D eigenvalue weighted by atomic mass is 9.71. The molecule has 2 aliphatic rings. The number of allylic oxidation sites excluding steroid dienone is 4. The summed E-state index contributed by atoms with van der Waals surface area (Å²) in [6, 6.07) is 1.72. The van der Waals surface area contributed by atoms with Crippen LogP contribution < -0.4 is 0 Å². The molecule has 0 amide bonds. The zero-order valence-corrected chi connectivity index (χ0v) is 15.9. The molecule has 2 aliphatic carbocycles. The summed E-state index contributed by atoms with van der Waals surface area (Å²) in [7, 11) is 0. The standard InChI is InChI=1S/C22H28N2O3/c1-2-27-22(26)19(15-20-23-13-6-14-24-20)21(25)18-11-9-17(10-12-18)16-7-4-3-5-8-16/h3-7,13-14,16-19H,2,8-12,15H2,1H3. The number of carbonyl (C=O) groups is 2. The van der Waals surface area contributed by atoms with Crippen LogP contribution >= 0.6 is 0 Å². The topological polar surface area (TPSA) is 69.2 Å². The van der Waals surface area contributed by atoms with Crippen LogP contribution in [0.2, 0.25) is 0 Å². The second-order valence-corrected chi connectivity index (χ2v) is 7.40. The van der Waals surface area contributed by atoms with Crippen molar-refractivity contribution in [2.75, 3.05) is 6.61 Å². The van der Waals surface area contributed by atoms with E-state index in [0.717, 1.165) is 32.1 Å². The van der Waals surface area contributed by atoms with E-state index in [1.165, 1.54) is 0 Å². The fourth-order valence-electron chi connectivity index (χ4n) is 4.23. The van der Waals surface area contributed by atoms with Crippen molar-refractivity contribution in [1.82, 2.24) is 9.97 Å². The molecule has 0 N–H and O–H groups in total. The number of hydrogen-bond acceptors (Lipinski definition) is 5. The van der Waals surface area contributed by atoms with Crippen molar-refractivity contribution in [3.63, 3.8) is 0 Å². The maximum absolute atomic E-state index is 13.1. The predicted molar refractivity (Wildman–Crippen MR) is 103 cm³/mol. The summed E-state index contributed by atoms with van der Waals surface area (Å²) < 4.78 is 5.17. The number of nitrogens with zero attached hydrogens (tertiary/aromatic N) is 2. The average molecular weight is 368 g/mol. The van der Waals surface area contributed by atoms with Gasteiger partial charge in [-0.25, -0.2) is 9.97 Å². The van der Waals surface area contributed by atoms with Gasteiger partial charge in [-0.15, -0.1) is 0 Å². The fourth-order valence-corrected chi connectivity index (χ4v) is 4.23. The summed E-state index contributed by atoms with van der Waals surface area (Å²) >= 11 is 0. The van der Waals surface area contributed by atoms with Gasteiger partial charge in [0.1, 0.15) is 11.7 Å². The van der Waals surface area contributed by atoms with Gasteiger partial charge in [0.2, 0.25) is 0 Å². The van der Waals surface area contributed by atoms with Crippen LogP contribution in [-0.2, 0) is 20.7 Å². The molecule has 1 heterocycles. The molecule has 5 nitrogen and oxygen atoms in total. The Kier molecular flexibility index (Phi) is 6.91. The van der Waals surface area contributed by atoms with Crippen LogP contribution in [0.3, 0.4) is 0 Å². The van der Waals surface area contributed by atoms with E-state index in [1.807, 2.05) is 0 Å². The zero-order chi connectivity index (χ0) is 19.1. The molecule has 144 valence electrons. The van der Waals surface area contributed by atoms with Gasteiger partial charge < -0.3 is 4.74 Å². The molecule has 0 bridgehead atoms. The molecule has 27 heavy (non-hydrogen) atoms. The molecule has 1 fully saturated rings. The second kappa shape index (κ2) is 9.58. The van der Waals surface area contributed by atoms with E-state index in [0.29, 0.717) is 17.7 Å². The molecular weight excluding hydrogens is 340 g/mol. The van der Waals surface area contributed by atoms with Crippen LogP contribution in [0.5, 0.6) is 0 Å². The average Bonchev–Trinajstić information content (AvgIpc) is 2.73. The third-order valence-corrected chi connectivity index (χ3v) is 5.71. The monoisotopic (exact) mass is 368 g/mol. The molecule has 2 atom stereocenters. The van der Waals surface area contributed by atoms with Crippen LogP contribution in [0.4, 0.5) is 0 Å². The van der Waals surface area contributed by atoms with E-state index in [4.69, 9.17) is 4.74 Å². The zero-order valence-electron chi connectivity index (χ0n) is 15.9. The highest BCUT2D eigenvalue weighted by Gasteiger charge is 2.37. The molecular formula is C22H28N2O3. The number of esters is 1. The van der Waals surface area contributed by atoms with E-state index in [9.17, 15) is 9.59 Å². The highest BCUT2D eigenvalue weighted by molar-refractivity contribution is 6.00. The molecule has 0 aliphatic heterocycles. The van der Waals surface area contributed by atoms with Gasteiger partial charge in [-0.05, 0) is 56.9 Å². The second-order valence-electron chi connectivity index (χ2n) is 7.40. The van der Waals surface area contributed by atoms with Crippen molar-refractivity contribution in [2.45, 2.75) is 45.4 Å². The van der Waals surface area contributed by atoms with Crippen LogP contribution in [0.15, 0.2) is 42.8 Å². The Labute approximate surface area is 160 Å². The first kappa shape index (κ1) is 19.5. The molecule has 0 spiro atoms. The smallest absolute Gasteiger partial charge is 0.316 e. The molecule has 1 saturated carbocycles. The first-order chi connectivity index (χ1) is 13.2. The fraction of sp³-hybridized carbons (Fsp3) is 0.545. The number of rotatable bonds is 7. The van der Waals surface area contributed by atoms with Gasteiger partial charge >= 0.3 is 5.97 Å². The van der Waals surface area contributed by atoms with Crippen LogP contribution in [0.25, 0.3) is 0 Å². The number of ketones is 1. The lowest BCUT2D eigenvalue weighted by molar-refractivity contribution is -0.153. The lowest BCUT2D eigenvalue weighted by Gasteiger charge is -2.33. The van der Waals surface area contributed by atoms with Crippen molar-refractivity contribution in [3.8, 4) is 0 Å². The molecule has 5 heteroatoms. The summed E-state index contributed by atoms with van der Waals surface area (Å²) in [5, 5.41) is 0. The normalized spacial score (nSPS) is 25.7. The van der Waals surface area contributed by atoms with Gasteiger partial charge in [0.15, 0.2) is 5.78 Å². The molecule has 0 radical (unpaired) electrons. The van der Waals surface area contributed by atoms with E-state index < -0.39 is 11.9 Å². The number of Topliss-reactive ketones (excluding diaryl/α,β-unsaturated/α-hetero) is 1. The highest BCUT2D eigenvalue weighted by atomic mass is 16.5.